The first-order chi connectivity index (χ1) is 8.83. The summed E-state index contributed by atoms with van der Waals surface area (Å²) in [6, 6.07) is 12.4. The van der Waals surface area contributed by atoms with Gasteiger partial charge in [-0.2, -0.15) is 0 Å². The van der Waals surface area contributed by atoms with Crippen LogP contribution in [0.4, 0.5) is 0 Å². The van der Waals surface area contributed by atoms with Crippen LogP contribution in [0, 0.1) is 0 Å². The highest BCUT2D eigenvalue weighted by molar-refractivity contribution is 7.10. The van der Waals surface area contributed by atoms with Gasteiger partial charge in [0.25, 0.3) is 0 Å². The average molecular weight is 261 g/mol. The summed E-state index contributed by atoms with van der Waals surface area (Å²) < 4.78 is 5.81. The van der Waals surface area contributed by atoms with Gasteiger partial charge < -0.3 is 10.5 Å². The van der Waals surface area contributed by atoms with Crippen LogP contribution in [-0.4, -0.2) is 13.2 Å². The highest BCUT2D eigenvalue weighted by atomic mass is 32.1. The lowest BCUT2D eigenvalue weighted by atomic mass is 10.1. The minimum atomic E-state index is 0.288. The highest BCUT2D eigenvalue weighted by Crippen LogP contribution is 2.22. The molecule has 0 bridgehead atoms. The molecular weight excluding hydrogens is 242 g/mol. The van der Waals surface area contributed by atoms with Crippen LogP contribution >= 0.6 is 11.3 Å². The Bertz CT molecular complexity index is 450. The second-order valence-corrected chi connectivity index (χ2v) is 5.24. The zero-order chi connectivity index (χ0) is 12.8. The summed E-state index contributed by atoms with van der Waals surface area (Å²) in [6.07, 6.45) is 1.06. The number of hydrogen-bond donors (Lipinski definition) is 1. The van der Waals surface area contributed by atoms with Gasteiger partial charge in [-0.3, -0.25) is 0 Å². The molecule has 0 spiro atoms. The first-order valence-electron chi connectivity index (χ1n) is 6.28. The predicted octanol–water partition coefficient (Wildman–Crippen LogP) is 3.43. The third kappa shape index (κ3) is 3.34. The molecule has 2 nitrogen and oxygen atoms in total. The van der Waals surface area contributed by atoms with Crippen molar-refractivity contribution in [1.29, 1.82) is 0 Å². The summed E-state index contributed by atoms with van der Waals surface area (Å²) in [5.74, 6) is 1.21. The minimum absolute atomic E-state index is 0.288. The van der Waals surface area contributed by atoms with Gasteiger partial charge in [0, 0.05) is 17.3 Å². The molecule has 0 radical (unpaired) electrons. The normalized spacial score (nSPS) is 12.3. The Hall–Kier alpha value is -1.32. The molecule has 1 aromatic carbocycles. The van der Waals surface area contributed by atoms with E-state index in [1.165, 1.54) is 10.4 Å². The number of nitrogens with two attached hydrogens (primary N) is 1. The van der Waals surface area contributed by atoms with Crippen LogP contribution in [0.2, 0.25) is 0 Å². The number of hydrogen-bond acceptors (Lipinski definition) is 3. The van der Waals surface area contributed by atoms with Crippen molar-refractivity contribution in [1.82, 2.24) is 0 Å². The largest absolute Gasteiger partial charge is 0.493 e. The lowest BCUT2D eigenvalue weighted by Crippen LogP contribution is -2.18. The smallest absolute Gasteiger partial charge is 0.119 e. The molecule has 0 saturated heterocycles. The van der Waals surface area contributed by atoms with Crippen LogP contribution in [0.1, 0.15) is 23.3 Å². The molecule has 2 aromatic rings. The number of rotatable bonds is 6. The van der Waals surface area contributed by atoms with Crippen molar-refractivity contribution in [3.05, 3.63) is 52.2 Å². The summed E-state index contributed by atoms with van der Waals surface area (Å²) in [5, 5.41) is 2.08. The first-order valence-corrected chi connectivity index (χ1v) is 7.16. The summed E-state index contributed by atoms with van der Waals surface area (Å²) in [5.41, 5.74) is 7.13. The fourth-order valence-electron chi connectivity index (χ4n) is 1.81. The van der Waals surface area contributed by atoms with Crippen LogP contribution in [-0.2, 0) is 6.42 Å². The van der Waals surface area contributed by atoms with E-state index >= 15 is 0 Å². The molecule has 0 saturated carbocycles. The minimum Gasteiger partial charge on any atom is -0.493 e. The molecule has 2 rings (SSSR count). The predicted molar refractivity (Wildman–Crippen MR) is 77.4 cm³/mol. The maximum absolute atomic E-state index is 5.81. The number of benzene rings is 1. The third-order valence-corrected chi connectivity index (χ3v) is 4.05. The van der Waals surface area contributed by atoms with Gasteiger partial charge in [0.05, 0.1) is 6.61 Å². The molecule has 0 fully saturated rings. The fourth-order valence-corrected chi connectivity index (χ4v) is 2.64. The summed E-state index contributed by atoms with van der Waals surface area (Å²) >= 11 is 1.74. The second-order valence-electron chi connectivity index (χ2n) is 4.26. The fraction of sp³-hybridized carbons (Fsp3) is 0.333. The van der Waals surface area contributed by atoms with Gasteiger partial charge in [-0.1, -0.05) is 25.1 Å². The van der Waals surface area contributed by atoms with Crippen molar-refractivity contribution in [3.63, 3.8) is 0 Å². The van der Waals surface area contributed by atoms with Crippen LogP contribution in [0.3, 0.4) is 0 Å². The SMILES string of the molecule is CCc1ccc(OCC(CN)c2cccs2)cc1. The monoisotopic (exact) mass is 261 g/mol. The van der Waals surface area contributed by atoms with Gasteiger partial charge in [0.1, 0.15) is 5.75 Å². The van der Waals surface area contributed by atoms with Crippen LogP contribution in [0.25, 0.3) is 0 Å². The van der Waals surface area contributed by atoms with Crippen molar-refractivity contribution >= 4 is 11.3 Å². The molecule has 2 N–H and O–H groups in total. The quantitative estimate of drug-likeness (QED) is 0.864. The molecule has 18 heavy (non-hydrogen) atoms. The van der Waals surface area contributed by atoms with E-state index in [0.717, 1.165) is 12.2 Å². The summed E-state index contributed by atoms with van der Waals surface area (Å²) in [7, 11) is 0. The molecule has 1 heterocycles. The molecule has 96 valence electrons. The summed E-state index contributed by atoms with van der Waals surface area (Å²) in [6.45, 7) is 3.41. The van der Waals surface area contributed by atoms with Gasteiger partial charge >= 0.3 is 0 Å². The van der Waals surface area contributed by atoms with E-state index in [0.29, 0.717) is 13.2 Å². The van der Waals surface area contributed by atoms with E-state index in [4.69, 9.17) is 10.5 Å². The number of aryl methyl sites for hydroxylation is 1. The van der Waals surface area contributed by atoms with Gasteiger partial charge in [-0.15, -0.1) is 11.3 Å². The van der Waals surface area contributed by atoms with Gasteiger partial charge in [-0.25, -0.2) is 0 Å². The second kappa shape index (κ2) is 6.57. The Morgan fingerprint density at radius 1 is 1.22 bits per heavy atom. The van der Waals surface area contributed by atoms with Crippen LogP contribution in [0.15, 0.2) is 41.8 Å². The molecule has 0 aliphatic carbocycles. The lowest BCUT2D eigenvalue weighted by molar-refractivity contribution is 0.292. The van der Waals surface area contributed by atoms with E-state index in [-0.39, 0.29) is 5.92 Å². The van der Waals surface area contributed by atoms with E-state index in [9.17, 15) is 0 Å². The topological polar surface area (TPSA) is 35.2 Å². The Labute approximate surface area is 112 Å². The zero-order valence-corrected chi connectivity index (χ0v) is 11.5. The Kier molecular flexibility index (Phi) is 4.79. The van der Waals surface area contributed by atoms with E-state index < -0.39 is 0 Å². The van der Waals surface area contributed by atoms with Crippen LogP contribution < -0.4 is 10.5 Å². The zero-order valence-electron chi connectivity index (χ0n) is 10.6. The Morgan fingerprint density at radius 3 is 2.56 bits per heavy atom. The molecule has 0 aliphatic rings. The van der Waals surface area contributed by atoms with Crippen molar-refractivity contribution in [2.24, 2.45) is 5.73 Å². The van der Waals surface area contributed by atoms with Crippen molar-refractivity contribution in [2.45, 2.75) is 19.3 Å². The van der Waals surface area contributed by atoms with Gasteiger partial charge in [0.15, 0.2) is 0 Å². The third-order valence-electron chi connectivity index (χ3n) is 3.01. The van der Waals surface area contributed by atoms with Crippen LogP contribution in [0.5, 0.6) is 5.75 Å². The van der Waals surface area contributed by atoms with E-state index in [1.807, 2.05) is 12.1 Å². The average Bonchev–Trinajstić information content (AvgIpc) is 2.94. The molecule has 0 amide bonds. The molecule has 1 aromatic heterocycles. The number of ether oxygens (including phenoxy) is 1. The molecular formula is C15H19NOS. The maximum Gasteiger partial charge on any atom is 0.119 e. The molecule has 0 aliphatic heterocycles. The van der Waals surface area contributed by atoms with E-state index in [2.05, 4.69) is 36.6 Å². The van der Waals surface area contributed by atoms with E-state index in [1.54, 1.807) is 11.3 Å². The van der Waals surface area contributed by atoms with Gasteiger partial charge in [-0.05, 0) is 35.6 Å². The maximum atomic E-state index is 5.81. The summed E-state index contributed by atoms with van der Waals surface area (Å²) in [4.78, 5) is 1.29. The molecule has 1 unspecified atom stereocenters. The Morgan fingerprint density at radius 2 is 2.00 bits per heavy atom. The molecule has 1 atom stereocenters. The van der Waals surface area contributed by atoms with Gasteiger partial charge in [0.2, 0.25) is 0 Å². The van der Waals surface area contributed by atoms with Crippen molar-refractivity contribution < 1.29 is 4.74 Å². The standard InChI is InChI=1S/C15H19NOS/c1-2-12-5-7-14(8-6-12)17-11-13(10-16)15-4-3-9-18-15/h3-9,13H,2,10-11,16H2,1H3. The van der Waals surface area contributed by atoms with Crippen molar-refractivity contribution in [2.75, 3.05) is 13.2 Å². The lowest BCUT2D eigenvalue weighted by Gasteiger charge is -2.14. The Balaban J connectivity index is 1.93. The number of thiophene rings is 1. The molecule has 3 heteroatoms. The first kappa shape index (κ1) is 13.1. The van der Waals surface area contributed by atoms with Crippen molar-refractivity contribution in [3.8, 4) is 5.75 Å². The highest BCUT2D eigenvalue weighted by Gasteiger charge is 2.11.